The summed E-state index contributed by atoms with van der Waals surface area (Å²) in [4.78, 5) is 22.9. The number of rotatable bonds is 4. The number of hydrogen-bond acceptors (Lipinski definition) is 6. The average molecular weight is 457 g/mol. The highest BCUT2D eigenvalue weighted by Crippen LogP contribution is 2.31. The molecule has 0 radical (unpaired) electrons. The van der Waals surface area contributed by atoms with Gasteiger partial charge in [-0.3, -0.25) is 9.78 Å². The van der Waals surface area contributed by atoms with Crippen molar-refractivity contribution in [3.05, 3.63) is 65.9 Å². The molecule has 4 rings (SSSR count). The third kappa shape index (κ3) is 4.47. The topological polar surface area (TPSA) is 104 Å². The lowest BCUT2D eigenvalue weighted by Gasteiger charge is -2.36. The Bertz CT molecular complexity index is 1190. The minimum absolute atomic E-state index is 0.0306. The van der Waals surface area contributed by atoms with E-state index >= 15 is 0 Å². The van der Waals surface area contributed by atoms with Gasteiger partial charge in [-0.25, -0.2) is 18.2 Å². The van der Waals surface area contributed by atoms with Gasteiger partial charge < -0.3 is 21.1 Å². The van der Waals surface area contributed by atoms with Crippen molar-refractivity contribution in [3.63, 3.8) is 0 Å². The zero-order valence-electron chi connectivity index (χ0n) is 17.7. The Hall–Kier alpha value is -3.66. The van der Waals surface area contributed by atoms with E-state index in [1.165, 1.54) is 6.20 Å². The number of halogens is 3. The fourth-order valence-corrected chi connectivity index (χ4v) is 3.88. The largest absolute Gasteiger partial charge is 0.397 e. The van der Waals surface area contributed by atoms with Gasteiger partial charge in [0.1, 0.15) is 17.3 Å². The molecule has 1 saturated heterocycles. The second-order valence-corrected chi connectivity index (χ2v) is 7.98. The Morgan fingerprint density at radius 2 is 1.94 bits per heavy atom. The van der Waals surface area contributed by atoms with Gasteiger partial charge >= 0.3 is 0 Å². The van der Waals surface area contributed by atoms with Gasteiger partial charge in [0, 0.05) is 25.4 Å². The first kappa shape index (κ1) is 22.5. The van der Waals surface area contributed by atoms with Crippen molar-refractivity contribution in [1.82, 2.24) is 9.97 Å². The maximum Gasteiger partial charge on any atom is 0.276 e. The van der Waals surface area contributed by atoms with E-state index in [0.717, 1.165) is 24.3 Å². The molecule has 2 atom stereocenters. The molecule has 7 nitrogen and oxygen atoms in total. The van der Waals surface area contributed by atoms with Gasteiger partial charge in [0.25, 0.3) is 5.91 Å². The van der Waals surface area contributed by atoms with Crippen LogP contribution < -0.4 is 16.0 Å². The van der Waals surface area contributed by atoms with Gasteiger partial charge in [-0.05, 0) is 30.5 Å². The molecule has 0 aliphatic carbocycles. The zero-order valence-corrected chi connectivity index (χ0v) is 17.7. The monoisotopic (exact) mass is 457 g/mol. The first-order valence-corrected chi connectivity index (χ1v) is 10.3. The van der Waals surface area contributed by atoms with Gasteiger partial charge in [0.05, 0.1) is 34.9 Å². The molecule has 4 N–H and O–H groups in total. The molecule has 3 heterocycles. The Balaban J connectivity index is 1.67. The molecular weight excluding hydrogens is 435 g/mol. The first-order valence-electron chi connectivity index (χ1n) is 10.3. The number of carbonyl (C=O) groups is 1. The smallest absolute Gasteiger partial charge is 0.276 e. The van der Waals surface area contributed by atoms with Crippen LogP contribution in [0.4, 0.5) is 30.2 Å². The molecule has 0 saturated carbocycles. The van der Waals surface area contributed by atoms with Crippen LogP contribution >= 0.6 is 0 Å². The van der Waals surface area contributed by atoms with E-state index in [-0.39, 0.29) is 17.3 Å². The molecule has 1 aromatic carbocycles. The van der Waals surface area contributed by atoms with E-state index in [2.05, 4.69) is 15.3 Å². The lowest BCUT2D eigenvalue weighted by atomic mass is 9.96. The normalized spacial score (nSPS) is 18.3. The molecule has 0 spiro atoms. The number of carbonyl (C=O) groups excluding carboxylic acids is 1. The molecule has 1 fully saturated rings. The molecule has 2 unspecified atom stereocenters. The van der Waals surface area contributed by atoms with Crippen LogP contribution in [-0.2, 0) is 0 Å². The number of nitrogen functional groups attached to an aromatic ring is 1. The SMILES string of the molecule is CC1CN(c2ccncc2NC(=O)c2nc(-c3c(F)cccc3F)c(F)cc2N)CCC1O. The zero-order chi connectivity index (χ0) is 23.7. The number of pyridine rings is 2. The van der Waals surface area contributed by atoms with Gasteiger partial charge in [0.2, 0.25) is 0 Å². The molecule has 3 aromatic rings. The number of nitrogens with zero attached hydrogens (tertiary/aromatic N) is 3. The highest BCUT2D eigenvalue weighted by Gasteiger charge is 2.27. The van der Waals surface area contributed by atoms with Crippen LogP contribution in [0.25, 0.3) is 11.3 Å². The van der Waals surface area contributed by atoms with Gasteiger partial charge in [-0.1, -0.05) is 13.0 Å². The fourth-order valence-electron chi connectivity index (χ4n) is 3.88. The molecule has 1 aliphatic rings. The van der Waals surface area contributed by atoms with E-state index in [0.29, 0.717) is 30.9 Å². The number of benzene rings is 1. The molecule has 2 aromatic heterocycles. The number of nitrogens with one attached hydrogen (secondary N) is 1. The molecule has 1 amide bonds. The van der Waals surface area contributed by atoms with Crippen molar-refractivity contribution >= 4 is 23.0 Å². The third-order valence-electron chi connectivity index (χ3n) is 5.67. The molecule has 33 heavy (non-hydrogen) atoms. The summed E-state index contributed by atoms with van der Waals surface area (Å²) in [6.07, 6.45) is 3.19. The number of aromatic nitrogens is 2. The Morgan fingerprint density at radius 1 is 1.21 bits per heavy atom. The van der Waals surface area contributed by atoms with Gasteiger partial charge in [-0.2, -0.15) is 0 Å². The Kier molecular flexibility index (Phi) is 6.19. The lowest BCUT2D eigenvalue weighted by Crippen LogP contribution is -2.42. The van der Waals surface area contributed by atoms with Crippen molar-refractivity contribution in [2.75, 3.05) is 29.0 Å². The summed E-state index contributed by atoms with van der Waals surface area (Å²) in [5.41, 5.74) is 4.83. The lowest BCUT2D eigenvalue weighted by molar-refractivity contribution is 0.0969. The predicted molar refractivity (Wildman–Crippen MR) is 118 cm³/mol. The van der Waals surface area contributed by atoms with E-state index in [1.807, 2.05) is 11.8 Å². The van der Waals surface area contributed by atoms with Crippen molar-refractivity contribution in [3.8, 4) is 11.3 Å². The van der Waals surface area contributed by atoms with Crippen LogP contribution in [0, 0.1) is 23.4 Å². The summed E-state index contributed by atoms with van der Waals surface area (Å²) >= 11 is 0. The Labute approximate surface area is 188 Å². The highest BCUT2D eigenvalue weighted by molar-refractivity contribution is 6.08. The first-order chi connectivity index (χ1) is 15.8. The standard InChI is InChI=1S/C23H22F3N5O2/c1-12-11-31(8-6-19(12)32)18-5-7-28-10-17(18)29-23(33)22-16(27)9-15(26)21(30-22)20-13(24)3-2-4-14(20)25/h2-5,7,9-10,12,19,32H,6,8,11,27H2,1H3,(H,29,33). The number of amides is 1. The predicted octanol–water partition coefficient (Wildman–Crippen LogP) is 3.60. The summed E-state index contributed by atoms with van der Waals surface area (Å²) in [5, 5.41) is 12.7. The summed E-state index contributed by atoms with van der Waals surface area (Å²) < 4.78 is 42.9. The number of aliphatic hydroxyl groups is 1. The van der Waals surface area contributed by atoms with Crippen LogP contribution in [-0.4, -0.2) is 40.2 Å². The highest BCUT2D eigenvalue weighted by atomic mass is 19.1. The van der Waals surface area contributed by atoms with Crippen LogP contribution in [0.15, 0.2) is 42.7 Å². The average Bonchev–Trinajstić information content (AvgIpc) is 2.77. The minimum Gasteiger partial charge on any atom is -0.397 e. The van der Waals surface area contributed by atoms with E-state index in [9.17, 15) is 23.1 Å². The number of hydrogen-bond donors (Lipinski definition) is 3. The van der Waals surface area contributed by atoms with Crippen LogP contribution in [0.5, 0.6) is 0 Å². The summed E-state index contributed by atoms with van der Waals surface area (Å²) in [5.74, 6) is -3.86. The van der Waals surface area contributed by atoms with Gasteiger partial charge in [0.15, 0.2) is 11.5 Å². The maximum atomic E-state index is 14.5. The maximum absolute atomic E-state index is 14.5. The van der Waals surface area contributed by atoms with Crippen molar-refractivity contribution in [1.29, 1.82) is 0 Å². The number of piperidine rings is 1. The van der Waals surface area contributed by atoms with Crippen LogP contribution in [0.3, 0.4) is 0 Å². The van der Waals surface area contributed by atoms with Crippen molar-refractivity contribution in [2.45, 2.75) is 19.4 Å². The fraction of sp³-hybridized carbons (Fsp3) is 0.261. The number of nitrogens with two attached hydrogens (primary N) is 1. The quantitative estimate of drug-likeness (QED) is 0.553. The minimum atomic E-state index is -1.06. The second-order valence-electron chi connectivity index (χ2n) is 7.98. The van der Waals surface area contributed by atoms with E-state index in [4.69, 9.17) is 5.73 Å². The number of anilines is 3. The van der Waals surface area contributed by atoms with Crippen LogP contribution in [0.2, 0.25) is 0 Å². The number of aliphatic hydroxyl groups excluding tert-OH is 1. The van der Waals surface area contributed by atoms with Crippen molar-refractivity contribution in [2.24, 2.45) is 5.92 Å². The molecular formula is C23H22F3N5O2. The summed E-state index contributed by atoms with van der Waals surface area (Å²) in [6.45, 7) is 3.08. The van der Waals surface area contributed by atoms with Gasteiger partial charge in [-0.15, -0.1) is 0 Å². The molecule has 1 aliphatic heterocycles. The van der Waals surface area contributed by atoms with Crippen molar-refractivity contribution < 1.29 is 23.1 Å². The van der Waals surface area contributed by atoms with E-state index < -0.39 is 40.7 Å². The van der Waals surface area contributed by atoms with Crippen LogP contribution in [0.1, 0.15) is 23.8 Å². The third-order valence-corrected chi connectivity index (χ3v) is 5.67. The molecule has 10 heteroatoms. The molecule has 172 valence electrons. The second kappa shape index (κ2) is 9.07. The molecule has 0 bridgehead atoms. The summed E-state index contributed by atoms with van der Waals surface area (Å²) in [7, 11) is 0. The van der Waals surface area contributed by atoms with E-state index in [1.54, 1.807) is 12.3 Å². The Morgan fingerprint density at radius 3 is 2.64 bits per heavy atom. The summed E-state index contributed by atoms with van der Waals surface area (Å²) in [6, 6.07) is 5.60.